The molecule has 0 aromatic carbocycles. The fraction of sp³-hybridized carbons (Fsp3) is 0.250. The smallest absolute Gasteiger partial charge is 0.0271 e. The van der Waals surface area contributed by atoms with E-state index in [1.54, 1.807) is 0 Å². The molecular weight excluding hydrogens is 172 g/mol. The number of pyridine rings is 1. The average molecular weight is 188 g/mol. The summed E-state index contributed by atoms with van der Waals surface area (Å²) in [6.07, 6.45) is 7.44. The van der Waals surface area contributed by atoms with Crippen molar-refractivity contribution >= 4 is 0 Å². The van der Waals surface area contributed by atoms with E-state index in [1.807, 2.05) is 36.7 Å². The molecular formula is C12H16N2. The zero-order valence-corrected chi connectivity index (χ0v) is 8.39. The van der Waals surface area contributed by atoms with Gasteiger partial charge >= 0.3 is 0 Å². The first-order valence-electron chi connectivity index (χ1n) is 4.70. The molecule has 0 saturated carbocycles. The third kappa shape index (κ3) is 3.54. The zero-order chi connectivity index (χ0) is 10.2. The van der Waals surface area contributed by atoms with E-state index in [9.17, 15) is 0 Å². The molecule has 0 unspecified atom stereocenters. The van der Waals surface area contributed by atoms with Gasteiger partial charge in [0.1, 0.15) is 0 Å². The van der Waals surface area contributed by atoms with Crippen molar-refractivity contribution in [3.05, 3.63) is 55.4 Å². The van der Waals surface area contributed by atoms with Gasteiger partial charge in [-0.3, -0.25) is 9.88 Å². The number of hydrogen-bond donors (Lipinski definition) is 0. The minimum absolute atomic E-state index is 0.883. The third-order valence-electron chi connectivity index (χ3n) is 1.93. The van der Waals surface area contributed by atoms with Gasteiger partial charge in [-0.2, -0.15) is 0 Å². The molecule has 0 N–H and O–H groups in total. The lowest BCUT2D eigenvalue weighted by Crippen LogP contribution is -2.23. The normalized spacial score (nSPS) is 10.1. The van der Waals surface area contributed by atoms with Gasteiger partial charge in [0, 0.05) is 32.0 Å². The molecule has 0 saturated heterocycles. The van der Waals surface area contributed by atoms with Crippen molar-refractivity contribution < 1.29 is 0 Å². The van der Waals surface area contributed by atoms with E-state index < -0.39 is 0 Å². The molecule has 0 radical (unpaired) electrons. The van der Waals surface area contributed by atoms with Gasteiger partial charge in [-0.25, -0.2) is 0 Å². The molecule has 0 spiro atoms. The summed E-state index contributed by atoms with van der Waals surface area (Å²) in [6.45, 7) is 10.2. The summed E-state index contributed by atoms with van der Waals surface area (Å²) in [5, 5.41) is 0. The van der Waals surface area contributed by atoms with Crippen LogP contribution in [0.4, 0.5) is 0 Å². The standard InChI is InChI=1S/C12H16N2/c1-3-9-14(10-4-2)11-12-5-7-13-8-6-12/h3-8H,1-2,9-11H2. The van der Waals surface area contributed by atoms with Gasteiger partial charge in [0.25, 0.3) is 0 Å². The Morgan fingerprint density at radius 1 is 1.14 bits per heavy atom. The van der Waals surface area contributed by atoms with Gasteiger partial charge in [0.15, 0.2) is 0 Å². The zero-order valence-electron chi connectivity index (χ0n) is 8.39. The Labute approximate surface area is 85.6 Å². The molecule has 74 valence electrons. The van der Waals surface area contributed by atoms with Gasteiger partial charge in [-0.15, -0.1) is 13.2 Å². The van der Waals surface area contributed by atoms with Crippen LogP contribution in [-0.2, 0) is 6.54 Å². The van der Waals surface area contributed by atoms with E-state index in [0.717, 1.165) is 19.6 Å². The van der Waals surface area contributed by atoms with Crippen molar-refractivity contribution in [2.45, 2.75) is 6.54 Å². The van der Waals surface area contributed by atoms with Gasteiger partial charge in [-0.1, -0.05) is 12.2 Å². The summed E-state index contributed by atoms with van der Waals surface area (Å²) in [4.78, 5) is 6.25. The van der Waals surface area contributed by atoms with Gasteiger partial charge < -0.3 is 0 Å². The Hall–Kier alpha value is -1.41. The fourth-order valence-electron chi connectivity index (χ4n) is 1.32. The molecule has 1 rings (SSSR count). The van der Waals surface area contributed by atoms with Crippen LogP contribution in [0.15, 0.2) is 49.8 Å². The molecule has 0 bridgehead atoms. The molecule has 14 heavy (non-hydrogen) atoms. The third-order valence-corrected chi connectivity index (χ3v) is 1.93. The second-order valence-corrected chi connectivity index (χ2v) is 3.13. The average Bonchev–Trinajstić information content (AvgIpc) is 2.20. The highest BCUT2D eigenvalue weighted by molar-refractivity contribution is 5.09. The highest BCUT2D eigenvalue weighted by Crippen LogP contribution is 2.02. The summed E-state index contributed by atoms with van der Waals surface area (Å²) in [5.74, 6) is 0. The molecule has 1 aromatic rings. The van der Waals surface area contributed by atoms with E-state index in [-0.39, 0.29) is 0 Å². The maximum atomic E-state index is 3.99. The number of hydrogen-bond acceptors (Lipinski definition) is 2. The van der Waals surface area contributed by atoms with Crippen molar-refractivity contribution in [1.29, 1.82) is 0 Å². The van der Waals surface area contributed by atoms with Crippen molar-refractivity contribution in [1.82, 2.24) is 9.88 Å². The minimum Gasteiger partial charge on any atom is -0.292 e. The molecule has 0 aliphatic rings. The first-order valence-corrected chi connectivity index (χ1v) is 4.70. The van der Waals surface area contributed by atoms with Crippen molar-refractivity contribution in [3.8, 4) is 0 Å². The predicted molar refractivity (Wildman–Crippen MR) is 59.9 cm³/mol. The summed E-state index contributed by atoms with van der Waals surface area (Å²) in [5.41, 5.74) is 1.27. The van der Waals surface area contributed by atoms with Crippen LogP contribution in [0.5, 0.6) is 0 Å². The summed E-state index contributed by atoms with van der Waals surface area (Å²) in [7, 11) is 0. The maximum Gasteiger partial charge on any atom is 0.0271 e. The van der Waals surface area contributed by atoms with Crippen molar-refractivity contribution in [2.24, 2.45) is 0 Å². The van der Waals surface area contributed by atoms with Crippen LogP contribution in [0.1, 0.15) is 5.56 Å². The Morgan fingerprint density at radius 2 is 1.71 bits per heavy atom. The second kappa shape index (κ2) is 6.11. The fourth-order valence-corrected chi connectivity index (χ4v) is 1.32. The molecule has 0 amide bonds. The lowest BCUT2D eigenvalue weighted by molar-refractivity contribution is 0.327. The quantitative estimate of drug-likeness (QED) is 0.636. The van der Waals surface area contributed by atoms with Gasteiger partial charge in [0.2, 0.25) is 0 Å². The summed E-state index contributed by atoms with van der Waals surface area (Å²) >= 11 is 0. The monoisotopic (exact) mass is 188 g/mol. The summed E-state index contributed by atoms with van der Waals surface area (Å²) in [6, 6.07) is 4.05. The van der Waals surface area contributed by atoms with Crippen LogP contribution in [0, 0.1) is 0 Å². The van der Waals surface area contributed by atoms with Crippen LogP contribution in [0.3, 0.4) is 0 Å². The SMILES string of the molecule is C=CCN(CC=C)Cc1ccncc1. The molecule has 0 atom stereocenters. The van der Waals surface area contributed by atoms with Crippen molar-refractivity contribution in [3.63, 3.8) is 0 Å². The van der Waals surface area contributed by atoms with Crippen LogP contribution >= 0.6 is 0 Å². The Morgan fingerprint density at radius 3 is 2.21 bits per heavy atom. The van der Waals surface area contributed by atoms with Gasteiger partial charge in [0.05, 0.1) is 0 Å². The molecule has 1 heterocycles. The van der Waals surface area contributed by atoms with Crippen LogP contribution in [0.25, 0.3) is 0 Å². The molecule has 1 aromatic heterocycles. The van der Waals surface area contributed by atoms with Crippen LogP contribution in [0.2, 0.25) is 0 Å². The van der Waals surface area contributed by atoms with Crippen LogP contribution in [-0.4, -0.2) is 23.0 Å². The van der Waals surface area contributed by atoms with Crippen molar-refractivity contribution in [2.75, 3.05) is 13.1 Å². The number of rotatable bonds is 6. The van der Waals surface area contributed by atoms with E-state index in [1.165, 1.54) is 5.56 Å². The lowest BCUT2D eigenvalue weighted by atomic mass is 10.2. The lowest BCUT2D eigenvalue weighted by Gasteiger charge is -2.18. The number of nitrogens with zero attached hydrogens (tertiary/aromatic N) is 2. The topological polar surface area (TPSA) is 16.1 Å². The van der Waals surface area contributed by atoms with E-state index in [4.69, 9.17) is 0 Å². The molecule has 0 aliphatic carbocycles. The highest BCUT2D eigenvalue weighted by atomic mass is 15.1. The van der Waals surface area contributed by atoms with Gasteiger partial charge in [-0.05, 0) is 17.7 Å². The molecule has 0 aliphatic heterocycles. The first-order chi connectivity index (χ1) is 6.86. The van der Waals surface area contributed by atoms with E-state index >= 15 is 0 Å². The molecule has 0 fully saturated rings. The minimum atomic E-state index is 0.883. The van der Waals surface area contributed by atoms with E-state index in [2.05, 4.69) is 23.0 Å². The predicted octanol–water partition coefficient (Wildman–Crippen LogP) is 2.26. The largest absolute Gasteiger partial charge is 0.292 e. The maximum absolute atomic E-state index is 3.99. The Balaban J connectivity index is 2.54. The molecule has 2 nitrogen and oxygen atoms in total. The van der Waals surface area contributed by atoms with Crippen LogP contribution < -0.4 is 0 Å². The van der Waals surface area contributed by atoms with E-state index in [0.29, 0.717) is 0 Å². The first kappa shape index (κ1) is 10.7. The number of aromatic nitrogens is 1. The second-order valence-electron chi connectivity index (χ2n) is 3.13. The Kier molecular flexibility index (Phi) is 4.65. The summed E-state index contributed by atoms with van der Waals surface area (Å²) < 4.78 is 0. The Bertz CT molecular complexity index is 270. The molecule has 2 heteroatoms. The highest BCUT2D eigenvalue weighted by Gasteiger charge is 2.00.